The predicted molar refractivity (Wildman–Crippen MR) is 98.6 cm³/mol. The highest BCUT2D eigenvalue weighted by Gasteiger charge is 2.17. The first-order valence-electron chi connectivity index (χ1n) is 9.46. The van der Waals surface area contributed by atoms with Crippen molar-refractivity contribution in [2.45, 2.75) is 38.6 Å². The molecule has 0 aliphatic carbocycles. The Morgan fingerprint density at radius 3 is 2.58 bits per heavy atom. The number of hydrogen-bond donors (Lipinski definition) is 0. The van der Waals surface area contributed by atoms with E-state index in [0.29, 0.717) is 0 Å². The lowest BCUT2D eigenvalue weighted by atomic mass is 10.1. The lowest BCUT2D eigenvalue weighted by Crippen LogP contribution is -2.46. The molecule has 0 amide bonds. The minimum absolute atomic E-state index is 1.14. The maximum atomic E-state index is 4.61. The Morgan fingerprint density at radius 2 is 1.75 bits per heavy atom. The molecule has 0 spiro atoms. The fourth-order valence-corrected chi connectivity index (χ4v) is 4.03. The van der Waals surface area contributed by atoms with Crippen LogP contribution in [0, 0.1) is 0 Å². The molecule has 1 aromatic heterocycles. The standard InChI is InChI=1S/C20H28N4/c1-2-7-18(8-3-1)23-15-13-22(14-16-23)11-6-9-19-17-21-20-10-4-5-12-24(19)20/h1-3,7-8,17H,4-6,9-16H2. The Labute approximate surface area is 145 Å². The van der Waals surface area contributed by atoms with Crippen molar-refractivity contribution < 1.29 is 0 Å². The van der Waals surface area contributed by atoms with Crippen LogP contribution in [0.25, 0.3) is 0 Å². The molecular weight excluding hydrogens is 296 g/mol. The Morgan fingerprint density at radius 1 is 0.917 bits per heavy atom. The number of nitrogens with zero attached hydrogens (tertiary/aromatic N) is 4. The summed E-state index contributed by atoms with van der Waals surface area (Å²) in [5.41, 5.74) is 2.82. The molecule has 0 unspecified atom stereocenters. The van der Waals surface area contributed by atoms with Gasteiger partial charge in [0.25, 0.3) is 0 Å². The Hall–Kier alpha value is -1.81. The third kappa shape index (κ3) is 3.48. The summed E-state index contributed by atoms with van der Waals surface area (Å²) in [6.07, 6.45) is 8.33. The van der Waals surface area contributed by atoms with Gasteiger partial charge in [0.1, 0.15) is 5.82 Å². The molecule has 2 aliphatic heterocycles. The first-order valence-corrected chi connectivity index (χ1v) is 9.46. The fourth-order valence-electron chi connectivity index (χ4n) is 4.03. The van der Waals surface area contributed by atoms with Gasteiger partial charge in [-0.2, -0.15) is 0 Å². The van der Waals surface area contributed by atoms with E-state index in [9.17, 15) is 0 Å². The monoisotopic (exact) mass is 324 g/mol. The number of benzene rings is 1. The molecule has 1 fully saturated rings. The molecule has 3 heterocycles. The molecule has 1 saturated heterocycles. The maximum absolute atomic E-state index is 4.61. The number of aromatic nitrogens is 2. The second-order valence-corrected chi connectivity index (χ2v) is 7.04. The SMILES string of the molecule is c1ccc(N2CCN(CCCc3cnc4n3CCCC4)CC2)cc1. The topological polar surface area (TPSA) is 24.3 Å². The molecule has 0 atom stereocenters. The van der Waals surface area contributed by atoms with Gasteiger partial charge in [-0.3, -0.25) is 4.90 Å². The van der Waals surface area contributed by atoms with E-state index in [1.54, 1.807) is 0 Å². The molecule has 4 rings (SSSR count). The average Bonchev–Trinajstić information content (AvgIpc) is 3.06. The zero-order valence-electron chi connectivity index (χ0n) is 14.5. The van der Waals surface area contributed by atoms with E-state index in [2.05, 4.69) is 55.9 Å². The largest absolute Gasteiger partial charge is 0.369 e. The lowest BCUT2D eigenvalue weighted by molar-refractivity contribution is 0.254. The first kappa shape index (κ1) is 15.7. The van der Waals surface area contributed by atoms with Crippen molar-refractivity contribution in [2.24, 2.45) is 0 Å². The lowest BCUT2D eigenvalue weighted by Gasteiger charge is -2.36. The predicted octanol–water partition coefficient (Wildman–Crippen LogP) is 2.97. The number of piperazine rings is 1. The Kier molecular flexibility index (Phi) is 4.83. The number of aryl methyl sites for hydroxylation is 2. The van der Waals surface area contributed by atoms with Crippen LogP contribution >= 0.6 is 0 Å². The van der Waals surface area contributed by atoms with Gasteiger partial charge < -0.3 is 9.47 Å². The molecule has 4 heteroatoms. The molecule has 24 heavy (non-hydrogen) atoms. The van der Waals surface area contributed by atoms with Crippen molar-refractivity contribution in [1.82, 2.24) is 14.5 Å². The van der Waals surface area contributed by atoms with Gasteiger partial charge in [-0.05, 0) is 44.4 Å². The summed E-state index contributed by atoms with van der Waals surface area (Å²) >= 11 is 0. The van der Waals surface area contributed by atoms with Crippen molar-refractivity contribution >= 4 is 5.69 Å². The zero-order valence-corrected chi connectivity index (χ0v) is 14.5. The van der Waals surface area contributed by atoms with Crippen LogP contribution in [0.15, 0.2) is 36.5 Å². The summed E-state index contributed by atoms with van der Waals surface area (Å²) in [4.78, 5) is 9.73. The van der Waals surface area contributed by atoms with Crippen molar-refractivity contribution in [1.29, 1.82) is 0 Å². The third-order valence-electron chi connectivity index (χ3n) is 5.45. The average molecular weight is 324 g/mol. The zero-order chi connectivity index (χ0) is 16.2. The Bertz CT molecular complexity index is 641. The van der Waals surface area contributed by atoms with Gasteiger partial charge >= 0.3 is 0 Å². The van der Waals surface area contributed by atoms with Crippen molar-refractivity contribution in [3.63, 3.8) is 0 Å². The molecule has 0 radical (unpaired) electrons. The van der Waals surface area contributed by atoms with Crippen LogP contribution in [0.4, 0.5) is 5.69 Å². The highest BCUT2D eigenvalue weighted by Crippen LogP contribution is 2.18. The maximum Gasteiger partial charge on any atom is 0.108 e. The first-order chi connectivity index (χ1) is 11.9. The Balaban J connectivity index is 1.23. The van der Waals surface area contributed by atoms with E-state index in [0.717, 1.165) is 13.1 Å². The number of rotatable bonds is 5. The summed E-state index contributed by atoms with van der Waals surface area (Å²) in [5.74, 6) is 1.31. The van der Waals surface area contributed by atoms with Gasteiger partial charge in [0, 0.05) is 56.7 Å². The molecule has 0 bridgehead atoms. The molecular formula is C20H28N4. The van der Waals surface area contributed by atoms with E-state index < -0.39 is 0 Å². The van der Waals surface area contributed by atoms with E-state index in [4.69, 9.17) is 0 Å². The van der Waals surface area contributed by atoms with E-state index >= 15 is 0 Å². The summed E-state index contributed by atoms with van der Waals surface area (Å²) in [6.45, 7) is 7.04. The minimum Gasteiger partial charge on any atom is -0.369 e. The van der Waals surface area contributed by atoms with Gasteiger partial charge in [0.05, 0.1) is 0 Å². The highest BCUT2D eigenvalue weighted by atomic mass is 15.3. The van der Waals surface area contributed by atoms with Crippen LogP contribution in [0.1, 0.15) is 30.8 Å². The van der Waals surface area contributed by atoms with Crippen molar-refractivity contribution in [3.8, 4) is 0 Å². The molecule has 0 saturated carbocycles. The minimum atomic E-state index is 1.14. The molecule has 128 valence electrons. The molecule has 2 aliphatic rings. The van der Waals surface area contributed by atoms with E-state index in [1.807, 2.05) is 0 Å². The van der Waals surface area contributed by atoms with Gasteiger partial charge in [0.2, 0.25) is 0 Å². The quantitative estimate of drug-likeness (QED) is 0.845. The van der Waals surface area contributed by atoms with Crippen LogP contribution in [-0.4, -0.2) is 47.2 Å². The van der Waals surface area contributed by atoms with Crippen LogP contribution in [-0.2, 0) is 19.4 Å². The van der Waals surface area contributed by atoms with Crippen LogP contribution in [0.2, 0.25) is 0 Å². The summed E-state index contributed by atoms with van der Waals surface area (Å²) in [6, 6.07) is 10.8. The summed E-state index contributed by atoms with van der Waals surface area (Å²) < 4.78 is 2.47. The van der Waals surface area contributed by atoms with Crippen LogP contribution in [0.5, 0.6) is 0 Å². The fraction of sp³-hybridized carbons (Fsp3) is 0.550. The number of hydrogen-bond acceptors (Lipinski definition) is 3. The number of fused-ring (bicyclic) bond motifs is 1. The third-order valence-corrected chi connectivity index (χ3v) is 5.45. The van der Waals surface area contributed by atoms with Crippen molar-refractivity contribution in [3.05, 3.63) is 48.0 Å². The molecule has 2 aromatic rings. The number of para-hydroxylation sites is 1. The molecule has 4 nitrogen and oxygen atoms in total. The number of imidazole rings is 1. The van der Waals surface area contributed by atoms with Crippen LogP contribution in [0.3, 0.4) is 0 Å². The second kappa shape index (κ2) is 7.39. The van der Waals surface area contributed by atoms with Gasteiger partial charge in [-0.25, -0.2) is 4.98 Å². The second-order valence-electron chi connectivity index (χ2n) is 7.04. The normalized spacial score (nSPS) is 18.6. The van der Waals surface area contributed by atoms with Gasteiger partial charge in [-0.15, -0.1) is 0 Å². The summed E-state index contributed by atoms with van der Waals surface area (Å²) in [5, 5.41) is 0. The van der Waals surface area contributed by atoms with E-state index in [-0.39, 0.29) is 0 Å². The van der Waals surface area contributed by atoms with Gasteiger partial charge in [0.15, 0.2) is 0 Å². The summed E-state index contributed by atoms with van der Waals surface area (Å²) in [7, 11) is 0. The number of anilines is 1. The molecule has 0 N–H and O–H groups in total. The van der Waals surface area contributed by atoms with Gasteiger partial charge in [-0.1, -0.05) is 18.2 Å². The van der Waals surface area contributed by atoms with Crippen LogP contribution < -0.4 is 4.90 Å². The smallest absolute Gasteiger partial charge is 0.108 e. The highest BCUT2D eigenvalue weighted by molar-refractivity contribution is 5.46. The van der Waals surface area contributed by atoms with Crippen molar-refractivity contribution in [2.75, 3.05) is 37.6 Å². The molecule has 1 aromatic carbocycles. The van der Waals surface area contributed by atoms with E-state index in [1.165, 1.54) is 75.5 Å².